The maximum absolute atomic E-state index is 13.5. The maximum Gasteiger partial charge on any atom is 0.343 e. The normalized spacial score (nSPS) is 15.2. The Balaban J connectivity index is 2.02. The van der Waals surface area contributed by atoms with Crippen LogP contribution < -0.4 is 15.6 Å². The zero-order valence-electron chi connectivity index (χ0n) is 18.0. The Hall–Kier alpha value is -3.91. The first kappa shape index (κ1) is 23.7. The number of nitrogens with one attached hydrogen (secondary N) is 2. The van der Waals surface area contributed by atoms with Crippen molar-refractivity contribution in [2.24, 2.45) is 0 Å². The fourth-order valence-corrected chi connectivity index (χ4v) is 3.67. The highest BCUT2D eigenvalue weighted by Gasteiger charge is 2.41. The first-order valence-electron chi connectivity index (χ1n) is 9.99. The summed E-state index contributed by atoms with van der Waals surface area (Å²) in [6.45, 7) is 1.90. The van der Waals surface area contributed by atoms with Crippen LogP contribution in [0.4, 0.5) is 20.6 Å². The maximum atomic E-state index is 13.5. The fraction of sp³-hybridized carbons (Fsp3) is 0.227. The molecule has 11 heteroatoms. The second kappa shape index (κ2) is 10.6. The number of thioether (sulfide) groups is 1. The number of urea groups is 1. The van der Waals surface area contributed by atoms with Crippen LogP contribution in [0, 0.1) is 17.1 Å². The molecule has 2 aromatic rings. The number of benzene rings is 1. The Kier molecular flexibility index (Phi) is 7.63. The number of hydrazine groups is 1. The van der Waals surface area contributed by atoms with E-state index in [4.69, 9.17) is 5.26 Å². The summed E-state index contributed by atoms with van der Waals surface area (Å²) in [6.07, 6.45) is 3.65. The molecule has 3 amide bonds. The van der Waals surface area contributed by atoms with E-state index in [1.165, 1.54) is 47.6 Å². The second-order valence-corrected chi connectivity index (χ2v) is 7.70. The third-order valence-electron chi connectivity index (χ3n) is 4.63. The van der Waals surface area contributed by atoms with E-state index in [2.05, 4.69) is 15.6 Å². The van der Waals surface area contributed by atoms with E-state index in [0.717, 1.165) is 16.8 Å². The number of Topliss-reactive ketones (excluding diaryl/α,β-unsaturated/α-hetero) is 1. The minimum Gasteiger partial charge on any atom is -0.349 e. The molecule has 1 aromatic heterocycles. The van der Waals surface area contributed by atoms with Crippen LogP contribution in [-0.2, 0) is 9.59 Å². The summed E-state index contributed by atoms with van der Waals surface area (Å²) in [5.74, 6) is -1.75. The molecule has 0 saturated carbocycles. The van der Waals surface area contributed by atoms with Crippen LogP contribution in [-0.4, -0.2) is 47.1 Å². The van der Waals surface area contributed by atoms with E-state index in [1.54, 1.807) is 6.26 Å². The van der Waals surface area contributed by atoms with Crippen LogP contribution >= 0.6 is 11.8 Å². The van der Waals surface area contributed by atoms with Gasteiger partial charge in [-0.1, -0.05) is 6.92 Å². The van der Waals surface area contributed by atoms with Gasteiger partial charge in [0.1, 0.15) is 29.7 Å². The first-order valence-corrected chi connectivity index (χ1v) is 11.2. The SMILES string of the molecule is CCCNC(=O)N1C(=O)C(=C(Nc2ccc(F)cc2)SC)C(=O)CN1c1ccc(C#N)nc1. The lowest BCUT2D eigenvalue weighted by molar-refractivity contribution is -0.130. The average molecular weight is 469 g/mol. The molecule has 0 atom stereocenters. The van der Waals surface area contributed by atoms with Gasteiger partial charge in [-0.2, -0.15) is 10.3 Å². The molecular weight excluding hydrogens is 447 g/mol. The van der Waals surface area contributed by atoms with Crippen LogP contribution in [0.1, 0.15) is 19.0 Å². The van der Waals surface area contributed by atoms with Crippen molar-refractivity contribution in [3.05, 3.63) is 64.7 Å². The van der Waals surface area contributed by atoms with Crippen molar-refractivity contribution in [3.8, 4) is 6.07 Å². The molecule has 33 heavy (non-hydrogen) atoms. The van der Waals surface area contributed by atoms with Crippen molar-refractivity contribution in [1.82, 2.24) is 15.3 Å². The number of rotatable bonds is 6. The number of ketones is 1. The van der Waals surface area contributed by atoms with Gasteiger partial charge in [-0.05, 0) is 49.1 Å². The highest BCUT2D eigenvalue weighted by molar-refractivity contribution is 8.02. The molecule has 0 unspecified atom stereocenters. The number of nitrogens with zero attached hydrogens (tertiary/aromatic N) is 4. The summed E-state index contributed by atoms with van der Waals surface area (Å²) in [5.41, 5.74) is 0.758. The number of imide groups is 1. The molecule has 0 spiro atoms. The zero-order valence-corrected chi connectivity index (χ0v) is 18.8. The Morgan fingerprint density at radius 1 is 1.24 bits per heavy atom. The van der Waals surface area contributed by atoms with Crippen molar-refractivity contribution >= 4 is 40.9 Å². The summed E-state index contributed by atoms with van der Waals surface area (Å²) in [6, 6.07) is 9.59. The minimum atomic E-state index is -0.817. The Morgan fingerprint density at radius 2 is 1.97 bits per heavy atom. The first-order chi connectivity index (χ1) is 15.9. The largest absolute Gasteiger partial charge is 0.349 e. The van der Waals surface area contributed by atoms with Gasteiger partial charge in [-0.15, -0.1) is 11.8 Å². The summed E-state index contributed by atoms with van der Waals surface area (Å²) >= 11 is 1.12. The predicted molar refractivity (Wildman–Crippen MR) is 122 cm³/mol. The van der Waals surface area contributed by atoms with Crippen LogP contribution in [0.3, 0.4) is 0 Å². The van der Waals surface area contributed by atoms with Crippen molar-refractivity contribution in [3.63, 3.8) is 0 Å². The van der Waals surface area contributed by atoms with Gasteiger partial charge in [0, 0.05) is 12.2 Å². The quantitative estimate of drug-likeness (QED) is 0.491. The van der Waals surface area contributed by atoms with Crippen LogP contribution in [0.2, 0.25) is 0 Å². The van der Waals surface area contributed by atoms with Crippen LogP contribution in [0.5, 0.6) is 0 Å². The van der Waals surface area contributed by atoms with Gasteiger partial charge in [0.2, 0.25) is 0 Å². The van der Waals surface area contributed by atoms with Gasteiger partial charge >= 0.3 is 6.03 Å². The van der Waals surface area contributed by atoms with Crippen LogP contribution in [0.25, 0.3) is 0 Å². The van der Waals surface area contributed by atoms with Crippen molar-refractivity contribution in [2.75, 3.05) is 29.7 Å². The summed E-state index contributed by atoms with van der Waals surface area (Å²) in [5, 5.41) is 16.9. The van der Waals surface area contributed by atoms with Gasteiger partial charge in [0.05, 0.1) is 16.9 Å². The third kappa shape index (κ3) is 5.30. The van der Waals surface area contributed by atoms with Gasteiger partial charge in [0.15, 0.2) is 5.78 Å². The molecule has 0 radical (unpaired) electrons. The molecule has 1 saturated heterocycles. The van der Waals surface area contributed by atoms with Gasteiger partial charge < -0.3 is 10.6 Å². The number of nitriles is 1. The number of aromatic nitrogens is 1. The molecular formula is C22H21FN6O3S. The molecule has 170 valence electrons. The lowest BCUT2D eigenvalue weighted by atomic mass is 10.1. The second-order valence-electron chi connectivity index (χ2n) is 6.88. The monoisotopic (exact) mass is 468 g/mol. The number of hydrogen-bond acceptors (Lipinski definition) is 8. The molecule has 3 rings (SSSR count). The van der Waals surface area contributed by atoms with Gasteiger partial charge in [-0.3, -0.25) is 14.6 Å². The minimum absolute atomic E-state index is 0.157. The molecule has 1 aliphatic heterocycles. The number of carbonyl (C=O) groups excluding carboxylic acids is 3. The molecule has 2 N–H and O–H groups in total. The standard InChI is InChI=1S/C22H21FN6O3S/c1-3-10-25-22(32)29-21(31)19(20(33-2)27-15-6-4-14(23)5-7-15)18(30)13-28(29)17-9-8-16(11-24)26-12-17/h4-9,12,27H,3,10,13H2,1-2H3,(H,25,32). The molecule has 1 aromatic carbocycles. The molecule has 0 aliphatic carbocycles. The molecule has 0 bridgehead atoms. The lowest BCUT2D eigenvalue weighted by Gasteiger charge is -2.38. The van der Waals surface area contributed by atoms with E-state index in [9.17, 15) is 18.8 Å². The van der Waals surface area contributed by atoms with E-state index in [0.29, 0.717) is 24.3 Å². The van der Waals surface area contributed by atoms with E-state index >= 15 is 0 Å². The van der Waals surface area contributed by atoms with Crippen molar-refractivity contribution in [1.29, 1.82) is 5.26 Å². The van der Waals surface area contributed by atoms with Crippen molar-refractivity contribution in [2.45, 2.75) is 13.3 Å². The molecule has 1 aliphatic rings. The summed E-state index contributed by atoms with van der Waals surface area (Å²) in [4.78, 5) is 43.4. The highest BCUT2D eigenvalue weighted by atomic mass is 32.2. The zero-order chi connectivity index (χ0) is 24.0. The van der Waals surface area contributed by atoms with E-state index < -0.39 is 23.5 Å². The molecule has 1 fully saturated rings. The number of hydrogen-bond donors (Lipinski definition) is 2. The Bertz CT molecular complexity index is 1130. The fourth-order valence-electron chi connectivity index (χ4n) is 3.04. The smallest absolute Gasteiger partial charge is 0.343 e. The van der Waals surface area contributed by atoms with Gasteiger partial charge in [0.25, 0.3) is 5.91 Å². The van der Waals surface area contributed by atoms with Crippen molar-refractivity contribution < 1.29 is 18.8 Å². The summed E-state index contributed by atoms with van der Waals surface area (Å²) < 4.78 is 13.2. The van der Waals surface area contributed by atoms with E-state index in [-0.39, 0.29) is 22.8 Å². The predicted octanol–water partition coefficient (Wildman–Crippen LogP) is 3.03. The van der Waals surface area contributed by atoms with E-state index in [1.807, 2.05) is 13.0 Å². The lowest BCUT2D eigenvalue weighted by Crippen LogP contribution is -2.60. The summed E-state index contributed by atoms with van der Waals surface area (Å²) in [7, 11) is 0. The Morgan fingerprint density at radius 3 is 2.55 bits per heavy atom. The Labute approximate surface area is 194 Å². The number of amides is 3. The third-order valence-corrected chi connectivity index (χ3v) is 5.35. The number of pyridine rings is 1. The highest BCUT2D eigenvalue weighted by Crippen LogP contribution is 2.29. The topological polar surface area (TPSA) is 118 Å². The number of halogens is 1. The number of carbonyl (C=O) groups is 3. The number of anilines is 2. The molecule has 2 heterocycles. The molecule has 9 nitrogen and oxygen atoms in total. The average Bonchev–Trinajstić information content (AvgIpc) is 2.82. The van der Waals surface area contributed by atoms with Gasteiger partial charge in [-0.25, -0.2) is 14.2 Å². The van der Waals surface area contributed by atoms with Crippen LogP contribution in [0.15, 0.2) is 53.2 Å².